The number of nitrogens with one attached hydrogen (secondary N) is 1. The Morgan fingerprint density at radius 2 is 2.05 bits per heavy atom. The lowest BCUT2D eigenvalue weighted by molar-refractivity contribution is 0.426. The predicted molar refractivity (Wildman–Crippen MR) is 63.1 cm³/mol. The van der Waals surface area contributed by atoms with Gasteiger partial charge < -0.3 is 9.72 Å². The van der Waals surface area contributed by atoms with Gasteiger partial charge in [0.1, 0.15) is 11.3 Å². The average molecular weight is 283 g/mol. The van der Waals surface area contributed by atoms with Crippen LogP contribution in [0.3, 0.4) is 0 Å². The fourth-order valence-electron chi connectivity index (χ4n) is 1.51. The van der Waals surface area contributed by atoms with Crippen molar-refractivity contribution in [1.29, 1.82) is 0 Å². The monoisotopic (exact) mass is 282 g/mol. The molecule has 0 fully saturated rings. The Kier molecular flexibility index (Phi) is 2.75. The third-order valence-corrected chi connectivity index (χ3v) is 2.49. The average Bonchev–Trinajstić information content (AvgIpc) is 2.82. The Balaban J connectivity index is 2.10. The first-order valence-electron chi connectivity index (χ1n) is 5.13. The standard InChI is InChI=1S/C11H5ClF2N4O/c12-11-17-9-8(15-4-16-9)10(18-11)19-7-3-5(13)1-2-6(7)14/h1-4H,(H,15,16,17,18). The Hall–Kier alpha value is -2.28. The van der Waals surface area contributed by atoms with Crippen molar-refractivity contribution in [2.24, 2.45) is 0 Å². The van der Waals surface area contributed by atoms with Gasteiger partial charge in [0.2, 0.25) is 11.2 Å². The molecule has 0 radical (unpaired) electrons. The normalized spacial score (nSPS) is 10.9. The van der Waals surface area contributed by atoms with Gasteiger partial charge in [0.25, 0.3) is 0 Å². The van der Waals surface area contributed by atoms with Crippen molar-refractivity contribution in [3.8, 4) is 11.6 Å². The molecule has 5 nitrogen and oxygen atoms in total. The summed E-state index contributed by atoms with van der Waals surface area (Å²) in [4.78, 5) is 14.3. The summed E-state index contributed by atoms with van der Waals surface area (Å²) in [6.45, 7) is 0. The number of ether oxygens (including phenoxy) is 1. The second-order valence-corrected chi connectivity index (χ2v) is 3.91. The van der Waals surface area contributed by atoms with Crippen molar-refractivity contribution in [1.82, 2.24) is 19.9 Å². The number of fused-ring (bicyclic) bond motifs is 1. The molecule has 0 atom stereocenters. The molecule has 0 saturated carbocycles. The Morgan fingerprint density at radius 3 is 2.89 bits per heavy atom. The van der Waals surface area contributed by atoms with E-state index in [1.54, 1.807) is 0 Å². The highest BCUT2D eigenvalue weighted by atomic mass is 35.5. The summed E-state index contributed by atoms with van der Waals surface area (Å²) in [5, 5.41) is -0.105. The highest BCUT2D eigenvalue weighted by Crippen LogP contribution is 2.28. The van der Waals surface area contributed by atoms with E-state index in [0.717, 1.165) is 18.2 Å². The van der Waals surface area contributed by atoms with Gasteiger partial charge in [-0.1, -0.05) is 0 Å². The highest BCUT2D eigenvalue weighted by molar-refractivity contribution is 6.28. The zero-order valence-electron chi connectivity index (χ0n) is 9.19. The minimum absolute atomic E-state index is 0.0306. The Morgan fingerprint density at radius 1 is 1.21 bits per heavy atom. The van der Waals surface area contributed by atoms with E-state index in [0.29, 0.717) is 5.52 Å². The lowest BCUT2D eigenvalue weighted by Crippen LogP contribution is -1.95. The van der Waals surface area contributed by atoms with Gasteiger partial charge in [0.15, 0.2) is 17.2 Å². The highest BCUT2D eigenvalue weighted by Gasteiger charge is 2.13. The summed E-state index contributed by atoms with van der Waals surface area (Å²) in [6, 6.07) is 2.85. The summed E-state index contributed by atoms with van der Waals surface area (Å²) < 4.78 is 31.8. The van der Waals surface area contributed by atoms with Gasteiger partial charge in [-0.25, -0.2) is 13.8 Å². The number of halogens is 3. The number of hydrogen-bond donors (Lipinski definition) is 1. The molecule has 3 aromatic rings. The maximum Gasteiger partial charge on any atom is 0.250 e. The van der Waals surface area contributed by atoms with Gasteiger partial charge in [-0.05, 0) is 23.7 Å². The van der Waals surface area contributed by atoms with Gasteiger partial charge in [-0.3, -0.25) is 0 Å². The lowest BCUT2D eigenvalue weighted by atomic mass is 10.3. The Bertz CT molecular complexity index is 762. The summed E-state index contributed by atoms with van der Waals surface area (Å²) in [7, 11) is 0. The molecule has 2 heterocycles. The molecular formula is C11H5ClF2N4O. The van der Waals surface area contributed by atoms with Gasteiger partial charge in [0, 0.05) is 6.07 Å². The summed E-state index contributed by atoms with van der Waals surface area (Å²) in [5.74, 6) is -1.68. The molecule has 0 aliphatic heterocycles. The third-order valence-electron chi connectivity index (χ3n) is 2.33. The molecule has 96 valence electrons. The van der Waals surface area contributed by atoms with Crippen molar-refractivity contribution in [2.45, 2.75) is 0 Å². The van der Waals surface area contributed by atoms with Gasteiger partial charge in [0.05, 0.1) is 6.33 Å². The largest absolute Gasteiger partial charge is 0.434 e. The van der Waals surface area contributed by atoms with Crippen molar-refractivity contribution >= 4 is 22.8 Å². The molecule has 0 aliphatic carbocycles. The maximum atomic E-state index is 13.5. The van der Waals surface area contributed by atoms with Crippen LogP contribution in [0.5, 0.6) is 11.6 Å². The first-order chi connectivity index (χ1) is 9.13. The predicted octanol–water partition coefficient (Wildman–Crippen LogP) is 3.08. The molecule has 0 unspecified atom stereocenters. The van der Waals surface area contributed by atoms with Gasteiger partial charge in [-0.2, -0.15) is 9.97 Å². The van der Waals surface area contributed by atoms with Crippen LogP contribution in [0.2, 0.25) is 5.28 Å². The van der Waals surface area contributed by atoms with E-state index in [1.165, 1.54) is 6.33 Å². The number of benzene rings is 1. The minimum atomic E-state index is -0.719. The van der Waals surface area contributed by atoms with E-state index in [9.17, 15) is 8.78 Å². The van der Waals surface area contributed by atoms with Crippen LogP contribution in [0.25, 0.3) is 11.2 Å². The number of H-pyrrole nitrogens is 1. The maximum absolute atomic E-state index is 13.5. The van der Waals surface area contributed by atoms with Crippen molar-refractivity contribution in [3.63, 3.8) is 0 Å². The topological polar surface area (TPSA) is 63.7 Å². The van der Waals surface area contributed by atoms with Crippen LogP contribution >= 0.6 is 11.6 Å². The molecule has 0 aliphatic rings. The van der Waals surface area contributed by atoms with Crippen LogP contribution in [0, 0.1) is 11.6 Å². The van der Waals surface area contributed by atoms with Crippen LogP contribution in [0.15, 0.2) is 24.5 Å². The zero-order chi connectivity index (χ0) is 13.4. The van der Waals surface area contributed by atoms with Crippen molar-refractivity contribution in [2.75, 3.05) is 0 Å². The van der Waals surface area contributed by atoms with Crippen LogP contribution in [0.1, 0.15) is 0 Å². The van der Waals surface area contributed by atoms with Crippen LogP contribution < -0.4 is 4.74 Å². The number of aromatic nitrogens is 4. The number of hydrogen-bond acceptors (Lipinski definition) is 4. The molecule has 1 N–H and O–H groups in total. The fraction of sp³-hybridized carbons (Fsp3) is 0. The van der Waals surface area contributed by atoms with Gasteiger partial charge >= 0.3 is 0 Å². The van der Waals surface area contributed by atoms with E-state index in [1.807, 2.05) is 0 Å². The quantitative estimate of drug-likeness (QED) is 0.734. The fourth-order valence-corrected chi connectivity index (χ4v) is 1.67. The molecule has 0 spiro atoms. The first-order valence-corrected chi connectivity index (χ1v) is 5.51. The van der Waals surface area contributed by atoms with E-state index in [4.69, 9.17) is 16.3 Å². The summed E-state index contributed by atoms with van der Waals surface area (Å²) >= 11 is 5.69. The smallest absolute Gasteiger partial charge is 0.250 e. The molecule has 19 heavy (non-hydrogen) atoms. The van der Waals surface area contributed by atoms with Crippen molar-refractivity contribution in [3.05, 3.63) is 41.4 Å². The second kappa shape index (κ2) is 4.43. The Labute approximate surface area is 110 Å². The number of imidazole rings is 1. The molecule has 2 aromatic heterocycles. The lowest BCUT2D eigenvalue weighted by Gasteiger charge is -2.06. The number of nitrogens with zero attached hydrogens (tertiary/aromatic N) is 3. The third kappa shape index (κ3) is 2.19. The molecule has 8 heteroatoms. The molecule has 0 saturated heterocycles. The number of aromatic amines is 1. The van der Waals surface area contributed by atoms with Crippen LogP contribution in [-0.4, -0.2) is 19.9 Å². The summed E-state index contributed by atoms with van der Waals surface area (Å²) in [6.07, 6.45) is 1.37. The second-order valence-electron chi connectivity index (χ2n) is 3.58. The zero-order valence-corrected chi connectivity index (χ0v) is 9.95. The van der Waals surface area contributed by atoms with Crippen molar-refractivity contribution < 1.29 is 13.5 Å². The molecule has 3 rings (SSSR count). The van der Waals surface area contributed by atoms with Crippen LogP contribution in [0.4, 0.5) is 8.78 Å². The molecule has 0 bridgehead atoms. The van der Waals surface area contributed by atoms with E-state index in [2.05, 4.69) is 19.9 Å². The van der Waals surface area contributed by atoms with E-state index in [-0.39, 0.29) is 22.6 Å². The SMILES string of the molecule is Fc1ccc(F)c(Oc2nc(Cl)nc3nc[nH]c23)c1. The van der Waals surface area contributed by atoms with E-state index >= 15 is 0 Å². The van der Waals surface area contributed by atoms with E-state index < -0.39 is 11.6 Å². The first kappa shape index (κ1) is 11.8. The summed E-state index contributed by atoms with van der Waals surface area (Å²) in [5.41, 5.74) is 0.611. The van der Waals surface area contributed by atoms with Crippen LogP contribution in [-0.2, 0) is 0 Å². The molecule has 0 amide bonds. The molecule has 1 aromatic carbocycles. The van der Waals surface area contributed by atoms with Gasteiger partial charge in [-0.15, -0.1) is 0 Å². The molecular weight excluding hydrogens is 278 g/mol. The minimum Gasteiger partial charge on any atom is -0.434 e. The number of rotatable bonds is 2.